The predicted molar refractivity (Wildman–Crippen MR) is 102 cm³/mol. The highest BCUT2D eigenvalue weighted by molar-refractivity contribution is 6.01. The van der Waals surface area contributed by atoms with E-state index in [9.17, 15) is 9.59 Å². The first-order valence-electron chi connectivity index (χ1n) is 8.69. The summed E-state index contributed by atoms with van der Waals surface area (Å²) < 4.78 is 15.7. The first-order valence-corrected chi connectivity index (χ1v) is 8.69. The van der Waals surface area contributed by atoms with Gasteiger partial charge < -0.3 is 14.2 Å². The highest BCUT2D eigenvalue weighted by Crippen LogP contribution is 2.35. The molecule has 0 atom stereocenters. The minimum absolute atomic E-state index is 0.188. The van der Waals surface area contributed by atoms with Gasteiger partial charge in [0.1, 0.15) is 11.6 Å². The van der Waals surface area contributed by atoms with Crippen LogP contribution in [0.4, 0.5) is 26.8 Å². The number of anilines is 3. The Balaban J connectivity index is 2.54. The maximum atomic E-state index is 12.7. The van der Waals surface area contributed by atoms with Gasteiger partial charge in [-0.15, -0.1) is 0 Å². The summed E-state index contributed by atoms with van der Waals surface area (Å²) in [7, 11) is 0. The minimum atomic E-state index is -0.632. The molecule has 144 valence electrons. The summed E-state index contributed by atoms with van der Waals surface area (Å²) in [6, 6.07) is 10.1. The summed E-state index contributed by atoms with van der Waals surface area (Å²) in [4.78, 5) is 30.1. The molecule has 1 aromatic carbocycles. The summed E-state index contributed by atoms with van der Waals surface area (Å²) >= 11 is 0. The number of aromatic nitrogens is 1. The van der Waals surface area contributed by atoms with Crippen molar-refractivity contribution in [3.63, 3.8) is 0 Å². The Morgan fingerprint density at radius 3 is 2.44 bits per heavy atom. The van der Waals surface area contributed by atoms with Gasteiger partial charge in [0.15, 0.2) is 0 Å². The summed E-state index contributed by atoms with van der Waals surface area (Å²) in [6.07, 6.45) is 0.302. The number of benzene rings is 1. The Hall–Kier alpha value is -3.29. The molecule has 0 saturated heterocycles. The van der Waals surface area contributed by atoms with Gasteiger partial charge in [0.05, 0.1) is 31.2 Å². The second-order valence-corrected chi connectivity index (χ2v) is 5.18. The average Bonchev–Trinajstić information content (AvgIpc) is 2.65. The Morgan fingerprint density at radius 1 is 1.04 bits per heavy atom. The molecule has 1 heterocycles. The predicted octanol–water partition coefficient (Wildman–Crippen LogP) is 4.34. The van der Waals surface area contributed by atoms with Crippen molar-refractivity contribution >= 4 is 29.4 Å². The fourth-order valence-electron chi connectivity index (χ4n) is 2.33. The number of ether oxygens (including phenoxy) is 3. The Bertz CT molecular complexity index is 767. The van der Waals surface area contributed by atoms with Crippen molar-refractivity contribution in [3.05, 3.63) is 42.6 Å². The number of nitrogens with zero attached hydrogens (tertiary/aromatic N) is 2. The maximum Gasteiger partial charge on any atom is 0.420 e. The molecule has 0 aliphatic heterocycles. The van der Waals surface area contributed by atoms with Gasteiger partial charge in [-0.2, -0.15) is 0 Å². The molecule has 8 nitrogen and oxygen atoms in total. The summed E-state index contributed by atoms with van der Waals surface area (Å²) in [5.74, 6) is 0.878. The second kappa shape index (κ2) is 10.0. The SMILES string of the molecule is CCOC(=O)Nc1ccc(OCC)cc1N(C(=O)OCC)c1ccccn1. The molecule has 2 aromatic rings. The first-order chi connectivity index (χ1) is 13.1. The molecular formula is C19H23N3O5. The van der Waals surface area contributed by atoms with Crippen LogP contribution in [0, 0.1) is 0 Å². The summed E-state index contributed by atoms with van der Waals surface area (Å²) in [5.41, 5.74) is 0.710. The topological polar surface area (TPSA) is 90.0 Å². The van der Waals surface area contributed by atoms with E-state index in [2.05, 4.69) is 10.3 Å². The first kappa shape index (κ1) is 20.0. The lowest BCUT2D eigenvalue weighted by Crippen LogP contribution is -2.29. The Kier molecular flexibility index (Phi) is 7.42. The van der Waals surface area contributed by atoms with Crippen LogP contribution in [-0.2, 0) is 9.47 Å². The van der Waals surface area contributed by atoms with E-state index in [1.54, 1.807) is 56.4 Å². The number of pyridine rings is 1. The van der Waals surface area contributed by atoms with Crippen LogP contribution >= 0.6 is 0 Å². The number of hydrogen-bond donors (Lipinski definition) is 1. The Morgan fingerprint density at radius 2 is 1.81 bits per heavy atom. The van der Waals surface area contributed by atoms with E-state index in [0.29, 0.717) is 29.5 Å². The van der Waals surface area contributed by atoms with Crippen molar-refractivity contribution in [2.45, 2.75) is 20.8 Å². The molecule has 0 bridgehead atoms. The normalized spacial score (nSPS) is 10.0. The van der Waals surface area contributed by atoms with Crippen LogP contribution in [0.15, 0.2) is 42.6 Å². The van der Waals surface area contributed by atoms with E-state index in [1.165, 1.54) is 4.90 Å². The van der Waals surface area contributed by atoms with Gasteiger partial charge in [0.25, 0.3) is 0 Å². The number of amides is 2. The molecule has 27 heavy (non-hydrogen) atoms. The molecule has 0 radical (unpaired) electrons. The van der Waals surface area contributed by atoms with Gasteiger partial charge >= 0.3 is 12.2 Å². The molecule has 0 aliphatic carbocycles. The molecular weight excluding hydrogens is 350 g/mol. The lowest BCUT2D eigenvalue weighted by Gasteiger charge is -2.24. The van der Waals surface area contributed by atoms with Gasteiger partial charge in [0.2, 0.25) is 0 Å². The number of hydrogen-bond acceptors (Lipinski definition) is 6. The van der Waals surface area contributed by atoms with E-state index in [1.807, 2.05) is 6.92 Å². The lowest BCUT2D eigenvalue weighted by molar-refractivity contribution is 0.162. The van der Waals surface area contributed by atoms with Crippen molar-refractivity contribution in [1.29, 1.82) is 0 Å². The zero-order chi connectivity index (χ0) is 19.6. The molecule has 1 aromatic heterocycles. The maximum absolute atomic E-state index is 12.7. The highest BCUT2D eigenvalue weighted by Gasteiger charge is 2.25. The van der Waals surface area contributed by atoms with Gasteiger partial charge in [-0.25, -0.2) is 19.5 Å². The minimum Gasteiger partial charge on any atom is -0.494 e. The van der Waals surface area contributed by atoms with Crippen LogP contribution < -0.4 is 15.0 Å². The van der Waals surface area contributed by atoms with Crippen LogP contribution in [0.25, 0.3) is 0 Å². The van der Waals surface area contributed by atoms with Gasteiger partial charge in [-0.05, 0) is 45.0 Å². The van der Waals surface area contributed by atoms with Crippen molar-refractivity contribution in [3.8, 4) is 5.75 Å². The monoisotopic (exact) mass is 373 g/mol. The molecule has 2 rings (SSSR count). The van der Waals surface area contributed by atoms with Crippen molar-refractivity contribution in [2.24, 2.45) is 0 Å². The van der Waals surface area contributed by atoms with E-state index >= 15 is 0 Å². The van der Waals surface area contributed by atoms with Crippen LogP contribution in [0.5, 0.6) is 5.75 Å². The third-order valence-electron chi connectivity index (χ3n) is 3.36. The van der Waals surface area contributed by atoms with Crippen LogP contribution in [-0.4, -0.2) is 37.0 Å². The number of carbonyl (C=O) groups is 2. The van der Waals surface area contributed by atoms with Gasteiger partial charge in [-0.1, -0.05) is 6.07 Å². The van der Waals surface area contributed by atoms with Gasteiger partial charge in [0, 0.05) is 12.3 Å². The van der Waals surface area contributed by atoms with Crippen LogP contribution in [0.1, 0.15) is 20.8 Å². The van der Waals surface area contributed by atoms with Gasteiger partial charge in [-0.3, -0.25) is 5.32 Å². The van der Waals surface area contributed by atoms with Crippen LogP contribution in [0.2, 0.25) is 0 Å². The van der Waals surface area contributed by atoms with E-state index < -0.39 is 12.2 Å². The summed E-state index contributed by atoms with van der Waals surface area (Å²) in [6.45, 7) is 6.13. The largest absolute Gasteiger partial charge is 0.494 e. The van der Waals surface area contributed by atoms with E-state index in [0.717, 1.165) is 0 Å². The standard InChI is InChI=1S/C19H23N3O5/c1-4-25-14-10-11-15(21-18(23)26-5-2)16(13-14)22(19(24)27-6-3)17-9-7-8-12-20-17/h7-13H,4-6H2,1-3H3,(H,21,23). The zero-order valence-corrected chi connectivity index (χ0v) is 15.6. The van der Waals surface area contributed by atoms with Crippen LogP contribution in [0.3, 0.4) is 0 Å². The van der Waals surface area contributed by atoms with E-state index in [4.69, 9.17) is 14.2 Å². The second-order valence-electron chi connectivity index (χ2n) is 5.18. The smallest absolute Gasteiger partial charge is 0.420 e. The third-order valence-corrected chi connectivity index (χ3v) is 3.36. The molecule has 1 N–H and O–H groups in total. The molecule has 0 fully saturated rings. The fourth-order valence-corrected chi connectivity index (χ4v) is 2.33. The average molecular weight is 373 g/mol. The molecule has 0 saturated carbocycles. The fraction of sp³-hybridized carbons (Fsp3) is 0.316. The van der Waals surface area contributed by atoms with Crippen molar-refractivity contribution in [2.75, 3.05) is 30.0 Å². The highest BCUT2D eigenvalue weighted by atomic mass is 16.6. The number of carbonyl (C=O) groups excluding carboxylic acids is 2. The molecule has 0 unspecified atom stereocenters. The molecule has 2 amide bonds. The quantitative estimate of drug-likeness (QED) is 0.776. The molecule has 8 heteroatoms. The lowest BCUT2D eigenvalue weighted by atomic mass is 10.2. The molecule has 0 spiro atoms. The van der Waals surface area contributed by atoms with Crippen molar-refractivity contribution in [1.82, 2.24) is 4.98 Å². The number of nitrogens with one attached hydrogen (secondary N) is 1. The molecule has 0 aliphatic rings. The summed E-state index contributed by atoms with van der Waals surface area (Å²) in [5, 5.41) is 2.63. The van der Waals surface area contributed by atoms with Crippen molar-refractivity contribution < 1.29 is 23.8 Å². The van der Waals surface area contributed by atoms with E-state index in [-0.39, 0.29) is 13.2 Å². The third kappa shape index (κ3) is 5.34. The zero-order valence-electron chi connectivity index (χ0n) is 15.6. The number of rotatable bonds is 7. The Labute approximate surface area is 158 Å².